The van der Waals surface area contributed by atoms with Crippen molar-refractivity contribution in [2.75, 3.05) is 6.54 Å². The van der Waals surface area contributed by atoms with E-state index in [0.29, 0.717) is 18.7 Å². The van der Waals surface area contributed by atoms with Crippen LogP contribution in [-0.2, 0) is 0 Å². The maximum absolute atomic E-state index is 11.8. The van der Waals surface area contributed by atoms with Gasteiger partial charge in [0.05, 0.1) is 6.10 Å². The summed E-state index contributed by atoms with van der Waals surface area (Å²) in [6.45, 7) is 6.28. The molecule has 0 spiro atoms. The first-order chi connectivity index (χ1) is 8.30. The summed E-state index contributed by atoms with van der Waals surface area (Å²) in [4.78, 5) is 15.9. The van der Waals surface area contributed by atoms with Crippen molar-refractivity contribution < 1.29 is 9.90 Å². The smallest absolute Gasteiger partial charge is 0.269 e. The molecule has 1 atom stereocenters. The van der Waals surface area contributed by atoms with Gasteiger partial charge in [-0.05, 0) is 46.8 Å². The number of aromatic nitrogens is 1. The molecule has 0 saturated carbocycles. The standard InChI is InChI=1S/C13H19BrN2O2/c1-9(17)6-13(2,3)8-16-12(18)11-5-4-10(14)7-15-11/h4-5,7,9,17H,6,8H2,1-3H3,(H,16,18). The molecule has 0 saturated heterocycles. The summed E-state index contributed by atoms with van der Waals surface area (Å²) in [5.41, 5.74) is 0.255. The number of amides is 1. The van der Waals surface area contributed by atoms with Crippen LogP contribution >= 0.6 is 15.9 Å². The third-order valence-corrected chi connectivity index (χ3v) is 3.00. The van der Waals surface area contributed by atoms with Crippen LogP contribution in [0.15, 0.2) is 22.8 Å². The monoisotopic (exact) mass is 314 g/mol. The molecule has 1 unspecified atom stereocenters. The molecule has 1 heterocycles. The molecule has 5 heteroatoms. The van der Waals surface area contributed by atoms with Crippen molar-refractivity contribution in [3.05, 3.63) is 28.5 Å². The quantitative estimate of drug-likeness (QED) is 0.877. The van der Waals surface area contributed by atoms with Crippen molar-refractivity contribution in [3.8, 4) is 0 Å². The number of aliphatic hydroxyl groups excluding tert-OH is 1. The zero-order valence-electron chi connectivity index (χ0n) is 10.9. The van der Waals surface area contributed by atoms with Gasteiger partial charge in [0.2, 0.25) is 0 Å². The summed E-state index contributed by atoms with van der Waals surface area (Å²) in [6.07, 6.45) is 1.86. The van der Waals surface area contributed by atoms with Crippen LogP contribution in [0.2, 0.25) is 0 Å². The number of pyridine rings is 1. The predicted octanol–water partition coefficient (Wildman–Crippen LogP) is 2.37. The van der Waals surface area contributed by atoms with Crippen molar-refractivity contribution in [1.29, 1.82) is 0 Å². The second-order valence-corrected chi connectivity index (χ2v) is 6.18. The van der Waals surface area contributed by atoms with Crippen molar-refractivity contribution >= 4 is 21.8 Å². The Morgan fingerprint density at radius 2 is 2.22 bits per heavy atom. The van der Waals surface area contributed by atoms with E-state index in [0.717, 1.165) is 4.47 Å². The largest absolute Gasteiger partial charge is 0.393 e. The van der Waals surface area contributed by atoms with E-state index >= 15 is 0 Å². The van der Waals surface area contributed by atoms with Gasteiger partial charge in [-0.1, -0.05) is 13.8 Å². The fraction of sp³-hybridized carbons (Fsp3) is 0.538. The van der Waals surface area contributed by atoms with E-state index < -0.39 is 0 Å². The third-order valence-electron chi connectivity index (χ3n) is 2.54. The number of aliphatic hydroxyl groups is 1. The zero-order valence-corrected chi connectivity index (χ0v) is 12.5. The third kappa shape index (κ3) is 5.14. The van der Waals surface area contributed by atoms with Crippen LogP contribution in [0.25, 0.3) is 0 Å². The lowest BCUT2D eigenvalue weighted by atomic mass is 9.87. The van der Waals surface area contributed by atoms with Gasteiger partial charge < -0.3 is 10.4 Å². The van der Waals surface area contributed by atoms with E-state index in [4.69, 9.17) is 0 Å². The van der Waals surface area contributed by atoms with Crippen LogP contribution in [0.4, 0.5) is 0 Å². The van der Waals surface area contributed by atoms with E-state index in [9.17, 15) is 9.90 Å². The number of halogens is 1. The summed E-state index contributed by atoms with van der Waals surface area (Å²) in [6, 6.07) is 3.45. The number of nitrogens with zero attached hydrogens (tertiary/aromatic N) is 1. The topological polar surface area (TPSA) is 62.2 Å². The van der Waals surface area contributed by atoms with Crippen LogP contribution in [0.1, 0.15) is 37.7 Å². The van der Waals surface area contributed by atoms with Gasteiger partial charge in [-0.25, -0.2) is 4.98 Å². The molecular weight excluding hydrogens is 296 g/mol. The fourth-order valence-electron chi connectivity index (χ4n) is 1.79. The van der Waals surface area contributed by atoms with Crippen LogP contribution in [0.3, 0.4) is 0 Å². The lowest BCUT2D eigenvalue weighted by Gasteiger charge is -2.26. The molecule has 0 fully saturated rings. The molecule has 0 radical (unpaired) electrons. The first kappa shape index (κ1) is 15.1. The summed E-state index contributed by atoms with van der Waals surface area (Å²) in [5, 5.41) is 12.2. The maximum atomic E-state index is 11.8. The number of carbonyl (C=O) groups excluding carboxylic acids is 1. The van der Waals surface area contributed by atoms with Crippen LogP contribution < -0.4 is 5.32 Å². The Hall–Kier alpha value is -0.940. The number of carbonyl (C=O) groups is 1. The Morgan fingerprint density at radius 3 is 2.72 bits per heavy atom. The van der Waals surface area contributed by atoms with Gasteiger partial charge in [0.1, 0.15) is 5.69 Å². The lowest BCUT2D eigenvalue weighted by Crippen LogP contribution is -2.36. The molecule has 0 aromatic carbocycles. The molecule has 1 aromatic rings. The van der Waals surface area contributed by atoms with Gasteiger partial charge in [0.15, 0.2) is 0 Å². The minimum Gasteiger partial charge on any atom is -0.393 e. The highest BCUT2D eigenvalue weighted by Crippen LogP contribution is 2.21. The van der Waals surface area contributed by atoms with E-state index in [2.05, 4.69) is 26.2 Å². The average molecular weight is 315 g/mol. The van der Waals surface area contributed by atoms with Crippen molar-refractivity contribution in [2.45, 2.75) is 33.3 Å². The highest BCUT2D eigenvalue weighted by Gasteiger charge is 2.21. The van der Waals surface area contributed by atoms with Crippen LogP contribution in [-0.4, -0.2) is 28.6 Å². The molecule has 100 valence electrons. The molecular formula is C13H19BrN2O2. The summed E-state index contributed by atoms with van der Waals surface area (Å²) in [5.74, 6) is -0.193. The molecule has 0 aliphatic heterocycles. The molecule has 0 aliphatic carbocycles. The summed E-state index contributed by atoms with van der Waals surface area (Å²) < 4.78 is 0.841. The molecule has 4 nitrogen and oxygen atoms in total. The normalized spacial score (nSPS) is 13.2. The Balaban J connectivity index is 2.53. The number of rotatable bonds is 5. The molecule has 1 amide bonds. The van der Waals surface area contributed by atoms with Crippen molar-refractivity contribution in [2.24, 2.45) is 5.41 Å². The molecule has 1 rings (SSSR count). The average Bonchev–Trinajstić information content (AvgIpc) is 2.25. The minimum absolute atomic E-state index is 0.140. The number of hydrogen-bond donors (Lipinski definition) is 2. The van der Waals surface area contributed by atoms with Gasteiger partial charge in [0, 0.05) is 17.2 Å². The fourth-order valence-corrected chi connectivity index (χ4v) is 2.03. The predicted molar refractivity (Wildman–Crippen MR) is 74.3 cm³/mol. The molecule has 0 aliphatic rings. The van der Waals surface area contributed by atoms with Gasteiger partial charge in [-0.2, -0.15) is 0 Å². The van der Waals surface area contributed by atoms with E-state index in [-0.39, 0.29) is 17.4 Å². The Bertz CT molecular complexity index is 402. The Kier molecular flexibility index (Phi) is 5.28. The van der Waals surface area contributed by atoms with E-state index in [1.54, 1.807) is 25.3 Å². The van der Waals surface area contributed by atoms with Gasteiger partial charge in [-0.15, -0.1) is 0 Å². The van der Waals surface area contributed by atoms with E-state index in [1.807, 2.05) is 13.8 Å². The van der Waals surface area contributed by atoms with Gasteiger partial charge in [0.25, 0.3) is 5.91 Å². The minimum atomic E-state index is -0.372. The molecule has 18 heavy (non-hydrogen) atoms. The second kappa shape index (κ2) is 6.29. The van der Waals surface area contributed by atoms with E-state index in [1.165, 1.54) is 0 Å². The van der Waals surface area contributed by atoms with Crippen LogP contribution in [0.5, 0.6) is 0 Å². The second-order valence-electron chi connectivity index (χ2n) is 5.26. The zero-order chi connectivity index (χ0) is 13.8. The lowest BCUT2D eigenvalue weighted by molar-refractivity contribution is 0.0897. The summed E-state index contributed by atoms with van der Waals surface area (Å²) >= 11 is 3.27. The Labute approximate surface area is 116 Å². The maximum Gasteiger partial charge on any atom is 0.269 e. The first-order valence-electron chi connectivity index (χ1n) is 5.88. The Morgan fingerprint density at radius 1 is 1.56 bits per heavy atom. The van der Waals surface area contributed by atoms with Gasteiger partial charge >= 0.3 is 0 Å². The summed E-state index contributed by atoms with van der Waals surface area (Å²) in [7, 11) is 0. The SMILES string of the molecule is CC(O)CC(C)(C)CNC(=O)c1ccc(Br)cn1. The number of nitrogens with one attached hydrogen (secondary N) is 1. The number of hydrogen-bond acceptors (Lipinski definition) is 3. The van der Waals surface area contributed by atoms with Crippen LogP contribution in [0, 0.1) is 5.41 Å². The molecule has 0 bridgehead atoms. The first-order valence-corrected chi connectivity index (χ1v) is 6.67. The molecule has 2 N–H and O–H groups in total. The molecule has 1 aromatic heterocycles. The highest BCUT2D eigenvalue weighted by atomic mass is 79.9. The van der Waals surface area contributed by atoms with Gasteiger partial charge in [-0.3, -0.25) is 4.79 Å². The highest BCUT2D eigenvalue weighted by molar-refractivity contribution is 9.10. The van der Waals surface area contributed by atoms with Crippen molar-refractivity contribution in [1.82, 2.24) is 10.3 Å². The van der Waals surface area contributed by atoms with Crippen molar-refractivity contribution in [3.63, 3.8) is 0 Å².